The molecule has 0 saturated heterocycles. The summed E-state index contributed by atoms with van der Waals surface area (Å²) in [7, 11) is 0. The van der Waals surface area contributed by atoms with Crippen molar-refractivity contribution in [3.05, 3.63) is 0 Å². The van der Waals surface area contributed by atoms with Crippen LogP contribution in [0.3, 0.4) is 0 Å². The number of ketones is 1. The average molecular weight is 375 g/mol. The fraction of sp³-hybridized carbons (Fsp3) is 0.960. The van der Waals surface area contributed by atoms with Crippen LogP contribution in [-0.2, 0) is 4.79 Å². The number of aliphatic hydroxyl groups is 1. The molecule has 4 fully saturated rings. The van der Waals surface area contributed by atoms with Crippen molar-refractivity contribution in [1.29, 1.82) is 0 Å². The maximum atomic E-state index is 13.2. The van der Waals surface area contributed by atoms with E-state index in [1.807, 2.05) is 0 Å². The van der Waals surface area contributed by atoms with Crippen LogP contribution < -0.4 is 0 Å². The first-order valence-corrected chi connectivity index (χ1v) is 11.9. The largest absolute Gasteiger partial charge is 0.393 e. The van der Waals surface area contributed by atoms with Crippen LogP contribution in [0.15, 0.2) is 0 Å². The van der Waals surface area contributed by atoms with E-state index in [0.29, 0.717) is 23.0 Å². The molecule has 1 unspecified atom stereocenters. The van der Waals surface area contributed by atoms with Gasteiger partial charge in [-0.3, -0.25) is 4.79 Å². The number of carbonyl (C=O) groups excluding carboxylic acids is 1. The summed E-state index contributed by atoms with van der Waals surface area (Å²) < 4.78 is 0. The standard InChI is InChI=1S/C25H42O2/c1-15(2)12-16(3)19-6-7-20-18-14-23(27)22-13-17(26)8-10-25(22,5)21(18)9-11-24(19,20)4/h15-22,26H,6-14H2,1-5H3/t16?,17-,18+,19-,20+,21+,22-,24-,25-/m1/s1. The van der Waals surface area contributed by atoms with E-state index < -0.39 is 0 Å². The van der Waals surface area contributed by atoms with Gasteiger partial charge in [0.15, 0.2) is 0 Å². The molecule has 1 N–H and O–H groups in total. The van der Waals surface area contributed by atoms with E-state index in [-0.39, 0.29) is 17.4 Å². The molecule has 0 radical (unpaired) electrons. The topological polar surface area (TPSA) is 37.3 Å². The van der Waals surface area contributed by atoms with Crippen LogP contribution in [0.25, 0.3) is 0 Å². The van der Waals surface area contributed by atoms with Gasteiger partial charge in [0.25, 0.3) is 0 Å². The minimum atomic E-state index is -0.245. The molecule has 0 aromatic heterocycles. The molecule has 0 spiro atoms. The van der Waals surface area contributed by atoms with Crippen molar-refractivity contribution < 1.29 is 9.90 Å². The normalized spacial score (nSPS) is 50.9. The number of fused-ring (bicyclic) bond motifs is 5. The highest BCUT2D eigenvalue weighted by molar-refractivity contribution is 5.83. The second-order valence-electron chi connectivity index (χ2n) is 11.9. The molecular weight excluding hydrogens is 332 g/mol. The highest BCUT2D eigenvalue weighted by Gasteiger charge is 2.62. The van der Waals surface area contributed by atoms with Crippen molar-refractivity contribution in [2.45, 2.75) is 98.5 Å². The summed E-state index contributed by atoms with van der Waals surface area (Å²) in [6.45, 7) is 12.2. The van der Waals surface area contributed by atoms with Gasteiger partial charge in [-0.1, -0.05) is 34.6 Å². The molecule has 0 aromatic carbocycles. The predicted octanol–water partition coefficient (Wildman–Crippen LogP) is 5.87. The monoisotopic (exact) mass is 374 g/mol. The van der Waals surface area contributed by atoms with Gasteiger partial charge in [-0.2, -0.15) is 0 Å². The summed E-state index contributed by atoms with van der Waals surface area (Å²) in [5, 5.41) is 10.2. The SMILES string of the molecule is CC(C)CC(C)[C@H]1CC[C@H]2[C@@H]3CC(=O)[C@H]4C[C@H](O)CC[C@]4(C)[C@H]3CC[C@]12C. The summed E-state index contributed by atoms with van der Waals surface area (Å²) in [5.41, 5.74) is 0.606. The van der Waals surface area contributed by atoms with Gasteiger partial charge in [0.1, 0.15) is 5.78 Å². The van der Waals surface area contributed by atoms with Crippen molar-refractivity contribution in [3.8, 4) is 0 Å². The second kappa shape index (κ2) is 6.85. The van der Waals surface area contributed by atoms with Gasteiger partial charge in [-0.25, -0.2) is 0 Å². The number of aliphatic hydroxyl groups excluding tert-OH is 1. The van der Waals surface area contributed by atoms with Crippen molar-refractivity contribution in [2.24, 2.45) is 52.3 Å². The van der Waals surface area contributed by atoms with Crippen LogP contribution in [0.4, 0.5) is 0 Å². The molecule has 0 aromatic rings. The van der Waals surface area contributed by atoms with E-state index in [0.717, 1.165) is 49.4 Å². The van der Waals surface area contributed by atoms with Gasteiger partial charge in [0.2, 0.25) is 0 Å². The average Bonchev–Trinajstić information content (AvgIpc) is 2.93. The van der Waals surface area contributed by atoms with E-state index in [9.17, 15) is 9.90 Å². The number of hydrogen-bond acceptors (Lipinski definition) is 2. The van der Waals surface area contributed by atoms with Crippen molar-refractivity contribution in [3.63, 3.8) is 0 Å². The summed E-state index contributed by atoms with van der Waals surface area (Å²) in [5.74, 6) is 5.13. The smallest absolute Gasteiger partial charge is 0.136 e. The summed E-state index contributed by atoms with van der Waals surface area (Å²) in [6.07, 6.45) is 10.0. The Labute approximate surface area is 166 Å². The molecule has 2 nitrogen and oxygen atoms in total. The molecule has 0 bridgehead atoms. The van der Waals surface area contributed by atoms with Crippen LogP contribution in [0.2, 0.25) is 0 Å². The fourth-order valence-corrected chi connectivity index (χ4v) is 8.90. The van der Waals surface area contributed by atoms with E-state index in [1.165, 1.54) is 32.1 Å². The Bertz CT molecular complexity index is 583. The number of hydrogen-bond donors (Lipinski definition) is 1. The van der Waals surface area contributed by atoms with E-state index in [4.69, 9.17) is 0 Å². The summed E-state index contributed by atoms with van der Waals surface area (Å²) >= 11 is 0. The van der Waals surface area contributed by atoms with Crippen molar-refractivity contribution >= 4 is 5.78 Å². The Morgan fingerprint density at radius 2 is 1.67 bits per heavy atom. The van der Waals surface area contributed by atoms with E-state index in [1.54, 1.807) is 0 Å². The highest BCUT2D eigenvalue weighted by atomic mass is 16.3. The van der Waals surface area contributed by atoms with E-state index >= 15 is 0 Å². The zero-order valence-corrected chi connectivity index (χ0v) is 18.3. The predicted molar refractivity (Wildman–Crippen MR) is 110 cm³/mol. The number of carbonyl (C=O) groups is 1. The lowest BCUT2D eigenvalue weighted by Crippen LogP contribution is -2.57. The first-order valence-electron chi connectivity index (χ1n) is 11.9. The molecule has 4 aliphatic rings. The molecular formula is C25H42O2. The fourth-order valence-electron chi connectivity index (χ4n) is 8.90. The first-order chi connectivity index (χ1) is 12.7. The maximum absolute atomic E-state index is 13.2. The molecule has 2 heteroatoms. The van der Waals surface area contributed by atoms with Crippen LogP contribution in [-0.4, -0.2) is 17.0 Å². The third kappa shape index (κ3) is 3.04. The lowest BCUT2D eigenvalue weighted by atomic mass is 9.44. The Hall–Kier alpha value is -0.370. The molecule has 0 amide bonds. The van der Waals surface area contributed by atoms with Gasteiger partial charge in [0, 0.05) is 12.3 Å². The quantitative estimate of drug-likeness (QED) is 0.671. The van der Waals surface area contributed by atoms with Crippen LogP contribution >= 0.6 is 0 Å². The molecule has 27 heavy (non-hydrogen) atoms. The lowest BCUT2D eigenvalue weighted by molar-refractivity contribution is -0.160. The van der Waals surface area contributed by atoms with Crippen molar-refractivity contribution in [1.82, 2.24) is 0 Å². The van der Waals surface area contributed by atoms with Gasteiger partial charge < -0.3 is 5.11 Å². The third-order valence-electron chi connectivity index (χ3n) is 10.0. The lowest BCUT2D eigenvalue weighted by Gasteiger charge is -2.60. The molecule has 4 saturated carbocycles. The molecule has 0 heterocycles. The van der Waals surface area contributed by atoms with Gasteiger partial charge in [0.05, 0.1) is 6.10 Å². The van der Waals surface area contributed by atoms with Crippen LogP contribution in [0.5, 0.6) is 0 Å². The van der Waals surface area contributed by atoms with Crippen molar-refractivity contribution in [2.75, 3.05) is 0 Å². The second-order valence-corrected chi connectivity index (χ2v) is 11.9. The highest BCUT2D eigenvalue weighted by Crippen LogP contribution is 2.67. The molecule has 9 atom stereocenters. The number of rotatable bonds is 3. The van der Waals surface area contributed by atoms with Crippen LogP contribution in [0, 0.1) is 52.3 Å². The molecule has 4 rings (SSSR count). The molecule has 0 aliphatic heterocycles. The minimum Gasteiger partial charge on any atom is -0.393 e. The van der Waals surface area contributed by atoms with Crippen LogP contribution in [0.1, 0.15) is 92.4 Å². The number of Topliss-reactive ketones (excluding diaryl/α,β-unsaturated/α-hetero) is 1. The Kier molecular flexibility index (Phi) is 5.06. The van der Waals surface area contributed by atoms with Gasteiger partial charge >= 0.3 is 0 Å². The van der Waals surface area contributed by atoms with Gasteiger partial charge in [-0.15, -0.1) is 0 Å². The molecule has 154 valence electrons. The Balaban J connectivity index is 1.59. The first kappa shape index (κ1) is 19.9. The Morgan fingerprint density at radius 1 is 1.00 bits per heavy atom. The van der Waals surface area contributed by atoms with Gasteiger partial charge in [-0.05, 0) is 97.7 Å². The molecule has 4 aliphatic carbocycles. The zero-order chi connectivity index (χ0) is 19.6. The van der Waals surface area contributed by atoms with E-state index in [2.05, 4.69) is 34.6 Å². The summed E-state index contributed by atoms with van der Waals surface area (Å²) in [4.78, 5) is 13.2. The minimum absolute atomic E-state index is 0.129. The zero-order valence-electron chi connectivity index (χ0n) is 18.3. The summed E-state index contributed by atoms with van der Waals surface area (Å²) in [6, 6.07) is 0. The maximum Gasteiger partial charge on any atom is 0.136 e. The third-order valence-corrected chi connectivity index (χ3v) is 10.0. The Morgan fingerprint density at radius 3 is 2.37 bits per heavy atom.